The van der Waals surface area contributed by atoms with Crippen molar-refractivity contribution in [2.45, 2.75) is 13.0 Å². The normalized spacial score (nSPS) is 17.9. The number of hydrogen-bond donors (Lipinski definition) is 1. The van der Waals surface area contributed by atoms with E-state index in [1.54, 1.807) is 0 Å². The number of hydrogen-bond acceptors (Lipinski definition) is 4. The average Bonchev–Trinajstić information content (AvgIpc) is 2.40. The maximum absolute atomic E-state index is 5.93. The average molecular weight is 280 g/mol. The molecule has 1 atom stereocenters. The van der Waals surface area contributed by atoms with Crippen molar-refractivity contribution in [3.05, 3.63) is 29.8 Å². The number of morpholine rings is 1. The first-order valence-corrected chi connectivity index (χ1v) is 6.97. The second-order valence-corrected chi connectivity index (χ2v) is 4.93. The fourth-order valence-electron chi connectivity index (χ4n) is 2.33. The minimum Gasteiger partial charge on any atom is -0.494 e. The molecule has 1 fully saturated rings. The van der Waals surface area contributed by atoms with E-state index >= 15 is 0 Å². The molecule has 2 rings (SSSR count). The number of thiocarbonyl (C=S) groups is 1. The molecule has 0 spiro atoms. The molecule has 0 bridgehead atoms. The lowest BCUT2D eigenvalue weighted by Gasteiger charge is -2.34. The number of benzene rings is 1. The van der Waals surface area contributed by atoms with E-state index in [4.69, 9.17) is 27.4 Å². The van der Waals surface area contributed by atoms with Crippen LogP contribution < -0.4 is 10.5 Å². The predicted octanol–water partition coefficient (Wildman–Crippen LogP) is 1.74. The van der Waals surface area contributed by atoms with Crippen molar-refractivity contribution in [3.63, 3.8) is 0 Å². The molecule has 1 aliphatic heterocycles. The Bertz CT molecular complexity index is 433. The van der Waals surface area contributed by atoms with E-state index in [0.29, 0.717) is 11.6 Å². The summed E-state index contributed by atoms with van der Waals surface area (Å²) in [5.41, 5.74) is 7.02. The molecule has 0 amide bonds. The predicted molar refractivity (Wildman–Crippen MR) is 79.5 cm³/mol. The maximum Gasteiger partial charge on any atom is 0.119 e. The number of ether oxygens (including phenoxy) is 2. The van der Waals surface area contributed by atoms with Crippen LogP contribution in [0.25, 0.3) is 0 Å². The van der Waals surface area contributed by atoms with Gasteiger partial charge in [0.25, 0.3) is 0 Å². The van der Waals surface area contributed by atoms with Gasteiger partial charge in [0.15, 0.2) is 0 Å². The topological polar surface area (TPSA) is 47.7 Å². The zero-order valence-electron chi connectivity index (χ0n) is 11.2. The molecule has 0 saturated carbocycles. The molecule has 0 aliphatic carbocycles. The van der Waals surface area contributed by atoms with Gasteiger partial charge < -0.3 is 15.2 Å². The molecular formula is C14H20N2O2S. The van der Waals surface area contributed by atoms with Crippen LogP contribution >= 0.6 is 12.2 Å². The SMILES string of the molecule is CCOc1cccc(C(C(N)=S)N2CCOCC2)c1. The first-order valence-electron chi connectivity index (χ1n) is 6.56. The Hall–Kier alpha value is -1.17. The van der Waals surface area contributed by atoms with E-state index in [-0.39, 0.29) is 6.04 Å². The van der Waals surface area contributed by atoms with E-state index in [9.17, 15) is 0 Å². The molecule has 1 aromatic carbocycles. The quantitative estimate of drug-likeness (QED) is 0.833. The lowest BCUT2D eigenvalue weighted by atomic mass is 10.0. The van der Waals surface area contributed by atoms with Crippen LogP contribution in [0.3, 0.4) is 0 Å². The molecular weight excluding hydrogens is 260 g/mol. The zero-order chi connectivity index (χ0) is 13.7. The second kappa shape index (κ2) is 6.84. The summed E-state index contributed by atoms with van der Waals surface area (Å²) in [6.45, 7) is 5.77. The van der Waals surface area contributed by atoms with Crippen molar-refractivity contribution in [3.8, 4) is 5.75 Å². The van der Waals surface area contributed by atoms with E-state index in [2.05, 4.69) is 4.90 Å². The smallest absolute Gasteiger partial charge is 0.119 e. The molecule has 1 heterocycles. The number of nitrogens with two attached hydrogens (primary N) is 1. The van der Waals surface area contributed by atoms with Gasteiger partial charge in [-0.3, -0.25) is 4.90 Å². The lowest BCUT2D eigenvalue weighted by molar-refractivity contribution is 0.0288. The van der Waals surface area contributed by atoms with Crippen LogP contribution in [0.1, 0.15) is 18.5 Å². The third-order valence-corrected chi connectivity index (χ3v) is 3.39. The Balaban J connectivity index is 2.22. The molecule has 0 aromatic heterocycles. The summed E-state index contributed by atoms with van der Waals surface area (Å²) in [4.78, 5) is 2.76. The standard InChI is InChI=1S/C14H20N2O2S/c1-2-18-12-5-3-4-11(10-12)13(14(15)19)16-6-8-17-9-7-16/h3-5,10,13H,2,6-9H2,1H3,(H2,15,19). The third kappa shape index (κ3) is 3.65. The minimum atomic E-state index is -0.0423. The summed E-state index contributed by atoms with van der Waals surface area (Å²) in [6, 6.07) is 7.94. The number of nitrogens with zero attached hydrogens (tertiary/aromatic N) is 1. The van der Waals surface area contributed by atoms with Gasteiger partial charge in [0.1, 0.15) is 5.75 Å². The van der Waals surface area contributed by atoms with Gasteiger partial charge in [-0.1, -0.05) is 24.4 Å². The van der Waals surface area contributed by atoms with Crippen LogP contribution in [0, 0.1) is 0 Å². The first-order chi connectivity index (χ1) is 9.22. The van der Waals surface area contributed by atoms with Crippen molar-refractivity contribution in [1.29, 1.82) is 0 Å². The fourth-order valence-corrected chi connectivity index (χ4v) is 2.62. The van der Waals surface area contributed by atoms with Crippen molar-refractivity contribution in [2.24, 2.45) is 5.73 Å². The Kier molecular flexibility index (Phi) is 5.13. The highest BCUT2D eigenvalue weighted by Gasteiger charge is 2.25. The van der Waals surface area contributed by atoms with E-state index in [1.807, 2.05) is 31.2 Å². The van der Waals surface area contributed by atoms with E-state index < -0.39 is 0 Å². The highest BCUT2D eigenvalue weighted by Crippen LogP contribution is 2.25. The second-order valence-electron chi connectivity index (χ2n) is 4.46. The molecule has 1 saturated heterocycles. The zero-order valence-corrected chi connectivity index (χ0v) is 12.0. The van der Waals surface area contributed by atoms with Gasteiger partial charge in [0.05, 0.1) is 30.9 Å². The van der Waals surface area contributed by atoms with Crippen LogP contribution in [0.2, 0.25) is 0 Å². The molecule has 1 aromatic rings. The van der Waals surface area contributed by atoms with Gasteiger partial charge in [-0.15, -0.1) is 0 Å². The molecule has 4 nitrogen and oxygen atoms in total. The van der Waals surface area contributed by atoms with Crippen LogP contribution in [0.4, 0.5) is 0 Å². The van der Waals surface area contributed by atoms with Crippen molar-refractivity contribution < 1.29 is 9.47 Å². The van der Waals surface area contributed by atoms with Crippen molar-refractivity contribution in [1.82, 2.24) is 4.90 Å². The van der Waals surface area contributed by atoms with Crippen LogP contribution in [0.5, 0.6) is 5.75 Å². The molecule has 2 N–H and O–H groups in total. The van der Waals surface area contributed by atoms with Gasteiger partial charge >= 0.3 is 0 Å². The minimum absolute atomic E-state index is 0.0423. The highest BCUT2D eigenvalue weighted by atomic mass is 32.1. The number of rotatable bonds is 5. The van der Waals surface area contributed by atoms with E-state index in [0.717, 1.165) is 37.6 Å². The molecule has 104 valence electrons. The maximum atomic E-state index is 5.93. The monoisotopic (exact) mass is 280 g/mol. The third-order valence-electron chi connectivity index (χ3n) is 3.17. The van der Waals surface area contributed by atoms with Gasteiger partial charge in [-0.25, -0.2) is 0 Å². The van der Waals surface area contributed by atoms with Gasteiger partial charge in [-0.05, 0) is 24.6 Å². The molecule has 0 radical (unpaired) electrons. The summed E-state index contributed by atoms with van der Waals surface area (Å²) in [5.74, 6) is 0.856. The largest absolute Gasteiger partial charge is 0.494 e. The van der Waals surface area contributed by atoms with Gasteiger partial charge in [0.2, 0.25) is 0 Å². The lowest BCUT2D eigenvalue weighted by Crippen LogP contribution is -2.43. The molecule has 1 aliphatic rings. The summed E-state index contributed by atoms with van der Waals surface area (Å²) in [5, 5.41) is 0. The first kappa shape index (κ1) is 14.2. The van der Waals surface area contributed by atoms with Crippen molar-refractivity contribution in [2.75, 3.05) is 32.9 Å². The Morgan fingerprint density at radius 1 is 1.47 bits per heavy atom. The van der Waals surface area contributed by atoms with E-state index in [1.165, 1.54) is 0 Å². The Labute approximate surface area is 119 Å². The summed E-state index contributed by atoms with van der Waals surface area (Å²) in [7, 11) is 0. The summed E-state index contributed by atoms with van der Waals surface area (Å²) < 4.78 is 10.9. The van der Waals surface area contributed by atoms with Crippen molar-refractivity contribution >= 4 is 17.2 Å². The van der Waals surface area contributed by atoms with Crippen LogP contribution in [-0.4, -0.2) is 42.8 Å². The van der Waals surface area contributed by atoms with Gasteiger partial charge in [-0.2, -0.15) is 0 Å². The highest BCUT2D eigenvalue weighted by molar-refractivity contribution is 7.80. The summed E-state index contributed by atoms with van der Waals surface area (Å²) >= 11 is 5.24. The van der Waals surface area contributed by atoms with Gasteiger partial charge in [0, 0.05) is 13.1 Å². The molecule has 19 heavy (non-hydrogen) atoms. The Morgan fingerprint density at radius 3 is 2.84 bits per heavy atom. The molecule has 5 heteroatoms. The summed E-state index contributed by atoms with van der Waals surface area (Å²) in [6.07, 6.45) is 0. The fraction of sp³-hybridized carbons (Fsp3) is 0.500. The molecule has 1 unspecified atom stereocenters. The van der Waals surface area contributed by atoms with Crippen LogP contribution in [0.15, 0.2) is 24.3 Å². The van der Waals surface area contributed by atoms with Crippen LogP contribution in [-0.2, 0) is 4.74 Å². The Morgan fingerprint density at radius 2 is 2.21 bits per heavy atom.